The largest absolute Gasteiger partial charge is 0.373 e. The van der Waals surface area contributed by atoms with Crippen LogP contribution in [0, 0.1) is 0 Å². The molecule has 0 bridgehead atoms. The summed E-state index contributed by atoms with van der Waals surface area (Å²) in [6.45, 7) is 9.31. The van der Waals surface area contributed by atoms with Crippen LogP contribution < -0.4 is 0 Å². The third kappa shape index (κ3) is 2.61. The molecular weight excluding hydrogens is 156 g/mol. The molecule has 0 aromatic carbocycles. The van der Waals surface area contributed by atoms with Crippen molar-refractivity contribution in [3.8, 4) is 0 Å². The Morgan fingerprint density at radius 3 is 1.83 bits per heavy atom. The van der Waals surface area contributed by atoms with Crippen LogP contribution in [0.25, 0.3) is 0 Å². The summed E-state index contributed by atoms with van der Waals surface area (Å²) < 4.78 is 5.49. The molecule has 0 radical (unpaired) electrons. The van der Waals surface area contributed by atoms with Crippen LogP contribution in [0.4, 0.5) is 0 Å². The van der Waals surface area contributed by atoms with E-state index in [2.05, 4.69) is 27.7 Å². The molecule has 3 heteroatoms. The van der Waals surface area contributed by atoms with Crippen LogP contribution in [-0.4, -0.2) is 18.4 Å². The van der Waals surface area contributed by atoms with E-state index in [1.54, 1.807) is 0 Å². The van der Waals surface area contributed by atoms with Crippen molar-refractivity contribution in [2.24, 2.45) is 0 Å². The lowest BCUT2D eigenvalue weighted by molar-refractivity contribution is -0.191. The smallest absolute Gasteiger partial charge is 0.367 e. The van der Waals surface area contributed by atoms with E-state index in [0.717, 1.165) is 6.61 Å². The Kier molecular flexibility index (Phi) is 3.87. The first-order valence-corrected chi connectivity index (χ1v) is 3.75. The first-order chi connectivity index (χ1) is 5.45. The molecule has 1 heterocycles. The van der Waals surface area contributed by atoms with Gasteiger partial charge in [0.2, 0.25) is 0 Å². The minimum Gasteiger partial charge on any atom is -0.367 e. The number of rotatable bonds is 0. The van der Waals surface area contributed by atoms with Crippen molar-refractivity contribution in [3.63, 3.8) is 0 Å². The van der Waals surface area contributed by atoms with Gasteiger partial charge in [-0.2, -0.15) is 9.59 Å². The van der Waals surface area contributed by atoms with Crippen LogP contribution in [0.15, 0.2) is 11.1 Å². The van der Waals surface area contributed by atoms with Crippen molar-refractivity contribution in [2.75, 3.05) is 6.61 Å². The lowest BCUT2D eigenvalue weighted by Gasteiger charge is -2.18. The summed E-state index contributed by atoms with van der Waals surface area (Å²) in [4.78, 5) is 16.2. The number of hydrogen-bond donors (Lipinski definition) is 0. The quantitative estimate of drug-likeness (QED) is 0.518. The van der Waals surface area contributed by atoms with Gasteiger partial charge >= 0.3 is 6.15 Å². The van der Waals surface area contributed by atoms with Gasteiger partial charge in [-0.25, -0.2) is 0 Å². The topological polar surface area (TPSA) is 43.4 Å². The third-order valence-electron chi connectivity index (χ3n) is 2.19. The predicted octanol–water partition coefficient (Wildman–Crippen LogP) is 1.55. The molecule has 0 fully saturated rings. The second-order valence-corrected chi connectivity index (χ2v) is 3.29. The van der Waals surface area contributed by atoms with Crippen molar-refractivity contribution < 1.29 is 14.3 Å². The van der Waals surface area contributed by atoms with Crippen LogP contribution in [0.1, 0.15) is 27.7 Å². The molecule has 1 aliphatic rings. The second-order valence-electron chi connectivity index (χ2n) is 3.29. The SMILES string of the molecule is CC1=C(C)C(C)(C)OC1.O=C=O. The van der Waals surface area contributed by atoms with Gasteiger partial charge in [-0.15, -0.1) is 0 Å². The molecule has 0 N–H and O–H groups in total. The monoisotopic (exact) mass is 170 g/mol. The summed E-state index contributed by atoms with van der Waals surface area (Å²) >= 11 is 0. The lowest BCUT2D eigenvalue weighted by Crippen LogP contribution is -2.20. The first kappa shape index (κ1) is 11.1. The van der Waals surface area contributed by atoms with E-state index < -0.39 is 0 Å². The maximum absolute atomic E-state index is 8.12. The Hall–Kier alpha value is -0.920. The van der Waals surface area contributed by atoms with Crippen LogP contribution >= 0.6 is 0 Å². The van der Waals surface area contributed by atoms with Gasteiger partial charge in [0.15, 0.2) is 0 Å². The van der Waals surface area contributed by atoms with Crippen LogP contribution in [-0.2, 0) is 14.3 Å². The van der Waals surface area contributed by atoms with E-state index in [1.807, 2.05) is 0 Å². The normalized spacial score (nSPS) is 19.7. The standard InChI is InChI=1S/C8H14O.CO2/c1-6-5-9-8(3,4)7(6)2;2-1-3/h5H2,1-4H3;. The van der Waals surface area contributed by atoms with Crippen LogP contribution in [0.2, 0.25) is 0 Å². The van der Waals surface area contributed by atoms with Crippen LogP contribution in [0.5, 0.6) is 0 Å². The molecule has 0 amide bonds. The summed E-state index contributed by atoms with van der Waals surface area (Å²) in [7, 11) is 0. The fourth-order valence-electron chi connectivity index (χ4n) is 1.02. The highest BCUT2D eigenvalue weighted by Crippen LogP contribution is 2.29. The summed E-state index contributed by atoms with van der Waals surface area (Å²) in [6.07, 6.45) is 0.250. The van der Waals surface area contributed by atoms with E-state index in [0.29, 0.717) is 0 Å². The Bertz CT molecular complexity index is 220. The number of ether oxygens (including phenoxy) is 1. The molecule has 12 heavy (non-hydrogen) atoms. The second kappa shape index (κ2) is 4.19. The molecule has 1 rings (SSSR count). The van der Waals surface area contributed by atoms with Crippen molar-refractivity contribution in [1.29, 1.82) is 0 Å². The summed E-state index contributed by atoms with van der Waals surface area (Å²) in [5, 5.41) is 0. The highest BCUT2D eigenvalue weighted by molar-refractivity contribution is 5.23. The van der Waals surface area contributed by atoms with Gasteiger partial charge in [-0.3, -0.25) is 0 Å². The Morgan fingerprint density at radius 1 is 1.33 bits per heavy atom. The van der Waals surface area contributed by atoms with Crippen molar-refractivity contribution in [3.05, 3.63) is 11.1 Å². The Balaban J connectivity index is 0.000000354. The average Bonchev–Trinajstić information content (AvgIpc) is 2.19. The van der Waals surface area contributed by atoms with Crippen molar-refractivity contribution >= 4 is 6.15 Å². The highest BCUT2D eigenvalue weighted by Gasteiger charge is 2.27. The van der Waals surface area contributed by atoms with Gasteiger partial charge < -0.3 is 4.74 Å². The molecule has 0 atom stereocenters. The fourth-order valence-corrected chi connectivity index (χ4v) is 1.02. The summed E-state index contributed by atoms with van der Waals surface area (Å²) in [6, 6.07) is 0. The molecule has 0 unspecified atom stereocenters. The average molecular weight is 170 g/mol. The zero-order valence-corrected chi connectivity index (χ0v) is 7.93. The van der Waals surface area contributed by atoms with Gasteiger partial charge in [0.1, 0.15) is 0 Å². The summed E-state index contributed by atoms with van der Waals surface area (Å²) in [5.74, 6) is 0. The van der Waals surface area contributed by atoms with E-state index in [9.17, 15) is 0 Å². The lowest BCUT2D eigenvalue weighted by atomic mass is 9.99. The Labute approximate surface area is 72.4 Å². The number of carbonyl (C=O) groups excluding carboxylic acids is 2. The van der Waals surface area contributed by atoms with E-state index >= 15 is 0 Å². The molecule has 0 aromatic heterocycles. The maximum atomic E-state index is 8.12. The zero-order chi connectivity index (χ0) is 9.78. The predicted molar refractivity (Wildman–Crippen MR) is 43.4 cm³/mol. The van der Waals surface area contributed by atoms with Gasteiger partial charge in [0.25, 0.3) is 0 Å². The zero-order valence-electron chi connectivity index (χ0n) is 7.93. The molecule has 0 aromatic rings. The molecule has 0 saturated carbocycles. The van der Waals surface area contributed by atoms with Crippen LogP contribution in [0.3, 0.4) is 0 Å². The van der Waals surface area contributed by atoms with Gasteiger partial charge in [0, 0.05) is 0 Å². The highest BCUT2D eigenvalue weighted by atomic mass is 16.5. The molecular formula is C9H14O3. The number of hydrogen-bond acceptors (Lipinski definition) is 3. The molecule has 0 saturated heterocycles. The minimum atomic E-state index is 0.00405. The van der Waals surface area contributed by atoms with Gasteiger partial charge in [-0.05, 0) is 38.8 Å². The minimum absolute atomic E-state index is 0.00405. The molecule has 68 valence electrons. The van der Waals surface area contributed by atoms with Gasteiger partial charge in [0.05, 0.1) is 12.2 Å². The van der Waals surface area contributed by atoms with E-state index in [4.69, 9.17) is 14.3 Å². The molecule has 1 aliphatic heterocycles. The third-order valence-corrected chi connectivity index (χ3v) is 2.19. The molecule has 0 aliphatic carbocycles. The fraction of sp³-hybridized carbons (Fsp3) is 0.667. The maximum Gasteiger partial charge on any atom is 0.373 e. The molecule has 3 nitrogen and oxygen atoms in total. The summed E-state index contributed by atoms with van der Waals surface area (Å²) in [5.41, 5.74) is 2.78. The van der Waals surface area contributed by atoms with Crippen molar-refractivity contribution in [2.45, 2.75) is 33.3 Å². The molecule has 0 spiro atoms. The van der Waals surface area contributed by atoms with E-state index in [1.165, 1.54) is 11.1 Å². The van der Waals surface area contributed by atoms with E-state index in [-0.39, 0.29) is 11.8 Å². The van der Waals surface area contributed by atoms with Crippen molar-refractivity contribution in [1.82, 2.24) is 0 Å². The Morgan fingerprint density at radius 2 is 1.75 bits per heavy atom. The van der Waals surface area contributed by atoms with Gasteiger partial charge in [-0.1, -0.05) is 0 Å². The first-order valence-electron chi connectivity index (χ1n) is 3.75.